The molecule has 1 aliphatic rings. The van der Waals surface area contributed by atoms with E-state index in [-0.39, 0.29) is 6.04 Å². The molecule has 1 aliphatic carbocycles. The van der Waals surface area contributed by atoms with Crippen LogP contribution in [0.2, 0.25) is 0 Å². The van der Waals surface area contributed by atoms with Crippen LogP contribution in [0.4, 0.5) is 5.95 Å². The van der Waals surface area contributed by atoms with E-state index in [2.05, 4.69) is 15.3 Å². The van der Waals surface area contributed by atoms with Crippen LogP contribution in [-0.2, 0) is 0 Å². The van der Waals surface area contributed by atoms with E-state index in [1.165, 1.54) is 12.8 Å². The molecule has 5 nitrogen and oxygen atoms in total. The molecular weight excluding hydrogens is 204 g/mol. The average Bonchev–Trinajstić information content (AvgIpc) is 3.11. The number of nitrogens with two attached hydrogens (primary N) is 1. The van der Waals surface area contributed by atoms with Crippen molar-refractivity contribution in [2.75, 3.05) is 18.5 Å². The number of aromatic nitrogens is 2. The molecule has 1 fully saturated rings. The monoisotopic (exact) mass is 222 g/mol. The van der Waals surface area contributed by atoms with Gasteiger partial charge in [0.15, 0.2) is 0 Å². The lowest BCUT2D eigenvalue weighted by molar-refractivity contribution is 0.326. The van der Waals surface area contributed by atoms with Gasteiger partial charge in [-0.1, -0.05) is 0 Å². The molecule has 0 radical (unpaired) electrons. The summed E-state index contributed by atoms with van der Waals surface area (Å²) in [5.74, 6) is 1.89. The van der Waals surface area contributed by atoms with E-state index in [4.69, 9.17) is 10.5 Å². The number of hydrogen-bond acceptors (Lipinski definition) is 5. The zero-order valence-electron chi connectivity index (χ0n) is 9.52. The fourth-order valence-electron chi connectivity index (χ4n) is 1.67. The second kappa shape index (κ2) is 5.12. The van der Waals surface area contributed by atoms with Crippen LogP contribution >= 0.6 is 0 Å². The molecule has 0 aliphatic heterocycles. The Balaban J connectivity index is 1.99. The average molecular weight is 222 g/mol. The molecule has 1 unspecified atom stereocenters. The van der Waals surface area contributed by atoms with Crippen molar-refractivity contribution in [2.24, 2.45) is 11.7 Å². The predicted octanol–water partition coefficient (Wildman–Crippen LogP) is 1.02. The molecule has 1 saturated carbocycles. The second-order valence-electron chi connectivity index (χ2n) is 3.98. The molecule has 3 N–H and O–H groups in total. The Labute approximate surface area is 95.4 Å². The van der Waals surface area contributed by atoms with Crippen LogP contribution in [0, 0.1) is 5.92 Å². The first-order valence-electron chi connectivity index (χ1n) is 5.76. The summed E-state index contributed by atoms with van der Waals surface area (Å²) in [7, 11) is 0. The van der Waals surface area contributed by atoms with Crippen LogP contribution in [0.15, 0.2) is 12.3 Å². The highest BCUT2D eigenvalue weighted by molar-refractivity contribution is 5.29. The van der Waals surface area contributed by atoms with Gasteiger partial charge in [0.05, 0.1) is 6.61 Å². The van der Waals surface area contributed by atoms with E-state index >= 15 is 0 Å². The highest BCUT2D eigenvalue weighted by atomic mass is 16.5. The van der Waals surface area contributed by atoms with Crippen molar-refractivity contribution in [2.45, 2.75) is 25.8 Å². The lowest BCUT2D eigenvalue weighted by Gasteiger charge is -2.15. The Hall–Kier alpha value is -1.36. The minimum absolute atomic E-state index is 0.289. The normalized spacial score (nSPS) is 16.9. The summed E-state index contributed by atoms with van der Waals surface area (Å²) in [6.45, 7) is 3.16. The molecular formula is C11H18N4O. The van der Waals surface area contributed by atoms with Crippen LogP contribution in [0.3, 0.4) is 0 Å². The zero-order chi connectivity index (χ0) is 11.4. The van der Waals surface area contributed by atoms with Gasteiger partial charge < -0.3 is 15.8 Å². The molecule has 1 atom stereocenters. The first-order chi connectivity index (χ1) is 7.83. The van der Waals surface area contributed by atoms with Gasteiger partial charge in [0.2, 0.25) is 11.8 Å². The molecule has 5 heteroatoms. The first kappa shape index (κ1) is 11.1. The maximum atomic E-state index is 5.71. The van der Waals surface area contributed by atoms with Crippen molar-refractivity contribution in [3.63, 3.8) is 0 Å². The van der Waals surface area contributed by atoms with E-state index < -0.39 is 0 Å². The maximum absolute atomic E-state index is 5.71. The second-order valence-corrected chi connectivity index (χ2v) is 3.98. The molecule has 16 heavy (non-hydrogen) atoms. The van der Waals surface area contributed by atoms with Gasteiger partial charge in [-0.05, 0) is 25.7 Å². The van der Waals surface area contributed by atoms with Crippen molar-refractivity contribution >= 4 is 5.95 Å². The Kier molecular flexibility index (Phi) is 3.56. The largest absolute Gasteiger partial charge is 0.478 e. The van der Waals surface area contributed by atoms with Gasteiger partial charge in [-0.2, -0.15) is 4.98 Å². The molecule has 1 aromatic rings. The molecule has 1 heterocycles. The van der Waals surface area contributed by atoms with Crippen LogP contribution in [0.1, 0.15) is 19.8 Å². The molecule has 1 aromatic heterocycles. The summed E-state index contributed by atoms with van der Waals surface area (Å²) in [6.07, 6.45) is 4.20. The molecule has 0 spiro atoms. The van der Waals surface area contributed by atoms with Gasteiger partial charge in [0.1, 0.15) is 0 Å². The number of anilines is 1. The van der Waals surface area contributed by atoms with Crippen molar-refractivity contribution in [1.29, 1.82) is 0 Å². The summed E-state index contributed by atoms with van der Waals surface area (Å²) in [5.41, 5.74) is 5.71. The van der Waals surface area contributed by atoms with Crippen molar-refractivity contribution in [3.05, 3.63) is 12.3 Å². The lowest BCUT2D eigenvalue weighted by Crippen LogP contribution is -2.31. The Morgan fingerprint density at radius 2 is 2.44 bits per heavy atom. The van der Waals surface area contributed by atoms with Gasteiger partial charge in [0.25, 0.3) is 0 Å². The molecule has 0 amide bonds. The molecule has 2 rings (SSSR count). The summed E-state index contributed by atoms with van der Waals surface area (Å²) >= 11 is 0. The maximum Gasteiger partial charge on any atom is 0.226 e. The first-order valence-corrected chi connectivity index (χ1v) is 5.76. The molecule has 0 bridgehead atoms. The van der Waals surface area contributed by atoms with E-state index in [9.17, 15) is 0 Å². The SMILES string of the molecule is CCOc1ccnc(NC(CN)C2CC2)n1. The minimum atomic E-state index is 0.289. The van der Waals surface area contributed by atoms with Crippen molar-refractivity contribution in [1.82, 2.24) is 9.97 Å². The van der Waals surface area contributed by atoms with E-state index in [1.807, 2.05) is 6.92 Å². The number of ether oxygens (including phenoxy) is 1. The fourth-order valence-corrected chi connectivity index (χ4v) is 1.67. The number of hydrogen-bond donors (Lipinski definition) is 2. The minimum Gasteiger partial charge on any atom is -0.478 e. The number of rotatable bonds is 6. The topological polar surface area (TPSA) is 73.1 Å². The highest BCUT2D eigenvalue weighted by Gasteiger charge is 2.30. The van der Waals surface area contributed by atoms with E-state index in [1.54, 1.807) is 12.3 Å². The molecule has 0 aromatic carbocycles. The summed E-state index contributed by atoms with van der Waals surface area (Å²) in [4.78, 5) is 8.42. The zero-order valence-corrected chi connectivity index (χ0v) is 9.52. The Bertz CT molecular complexity index is 341. The standard InChI is InChI=1S/C11H18N4O/c1-2-16-10-5-6-13-11(15-10)14-9(7-12)8-3-4-8/h5-6,8-9H,2-4,7,12H2,1H3,(H,13,14,15). The summed E-state index contributed by atoms with van der Waals surface area (Å²) in [5, 5.41) is 3.26. The molecule has 88 valence electrons. The van der Waals surface area contributed by atoms with Gasteiger partial charge in [-0.15, -0.1) is 0 Å². The third-order valence-corrected chi connectivity index (χ3v) is 2.68. The lowest BCUT2D eigenvalue weighted by atomic mass is 10.2. The Morgan fingerprint density at radius 3 is 3.06 bits per heavy atom. The molecule has 0 saturated heterocycles. The third kappa shape index (κ3) is 2.82. The summed E-state index contributed by atoms with van der Waals surface area (Å²) in [6, 6.07) is 2.04. The van der Waals surface area contributed by atoms with E-state index in [0.29, 0.717) is 30.9 Å². The van der Waals surface area contributed by atoms with Gasteiger partial charge in [-0.25, -0.2) is 4.98 Å². The van der Waals surface area contributed by atoms with Crippen LogP contribution in [-0.4, -0.2) is 29.2 Å². The number of nitrogens with zero attached hydrogens (tertiary/aromatic N) is 2. The van der Waals surface area contributed by atoms with Crippen molar-refractivity contribution in [3.8, 4) is 5.88 Å². The quantitative estimate of drug-likeness (QED) is 0.752. The van der Waals surface area contributed by atoms with Crippen LogP contribution in [0.5, 0.6) is 5.88 Å². The van der Waals surface area contributed by atoms with Crippen LogP contribution < -0.4 is 15.8 Å². The van der Waals surface area contributed by atoms with Crippen molar-refractivity contribution < 1.29 is 4.74 Å². The highest BCUT2D eigenvalue weighted by Crippen LogP contribution is 2.33. The van der Waals surface area contributed by atoms with Gasteiger partial charge in [-0.3, -0.25) is 0 Å². The van der Waals surface area contributed by atoms with Gasteiger partial charge in [0, 0.05) is 24.8 Å². The third-order valence-electron chi connectivity index (χ3n) is 2.68. The summed E-state index contributed by atoms with van der Waals surface area (Å²) < 4.78 is 5.32. The van der Waals surface area contributed by atoms with Crippen LogP contribution in [0.25, 0.3) is 0 Å². The van der Waals surface area contributed by atoms with E-state index in [0.717, 1.165) is 0 Å². The predicted molar refractivity (Wildman–Crippen MR) is 62.4 cm³/mol. The van der Waals surface area contributed by atoms with Gasteiger partial charge >= 0.3 is 0 Å². The number of nitrogens with one attached hydrogen (secondary N) is 1. The smallest absolute Gasteiger partial charge is 0.226 e. The Morgan fingerprint density at radius 1 is 1.62 bits per heavy atom. The fraction of sp³-hybridized carbons (Fsp3) is 0.636.